The molecule has 0 amide bonds. The lowest BCUT2D eigenvalue weighted by atomic mass is 10.00. The van der Waals surface area contributed by atoms with Crippen molar-refractivity contribution in [1.29, 1.82) is 0 Å². The number of rotatable bonds is 32. The molecule has 60 heavy (non-hydrogen) atoms. The van der Waals surface area contributed by atoms with Crippen molar-refractivity contribution in [1.82, 2.24) is 0 Å². The average molecular weight is 859 g/mol. The van der Waals surface area contributed by atoms with E-state index in [0.29, 0.717) is 19.3 Å². The fourth-order valence-corrected chi connectivity index (χ4v) is 6.11. The predicted molar refractivity (Wildman–Crippen MR) is 237 cm³/mol. The van der Waals surface area contributed by atoms with Gasteiger partial charge in [-0.3, -0.25) is 14.1 Å². The number of hydrogen-bond acceptors (Lipinski definition) is 11. The molecule has 0 aromatic rings. The standard InChI is InChI=1S/C47H70O12S/c1-3-5-7-9-11-13-15-17-18-19-20-21-22-24-25-27-29-31-33-35-42(48)56-37-40(38-57-47-46(52)45(51)44(50)41(59-47)39-60(53,54)55)58-43(49)36-34-32-30-28-26-23-16-14-12-10-8-6-4-2/h5-8,10-14,16-18,20-21,23-26,29,31,40-41,44-47,50-52H,3-4,9,15,19,22,27-28,30,32-39H2,1-2H3,(H,53,54,55)/b7-5+,8-6+,12-10+,13-11+,16-14+,18-17+,21-20+,25-24+,26-23+,31-29+/t40?,41-,44-,45?,46?,47+/m1/s1. The second-order valence-electron chi connectivity index (χ2n) is 14.0. The fraction of sp³-hybridized carbons (Fsp3) is 0.532. The highest BCUT2D eigenvalue weighted by Crippen LogP contribution is 2.23. The van der Waals surface area contributed by atoms with Crippen molar-refractivity contribution < 1.29 is 56.8 Å². The molecule has 336 valence electrons. The molecule has 1 fully saturated rings. The van der Waals surface area contributed by atoms with Crippen LogP contribution in [-0.2, 0) is 38.7 Å². The molecule has 0 bridgehead atoms. The van der Waals surface area contributed by atoms with Crippen LogP contribution in [0, 0.1) is 0 Å². The highest BCUT2D eigenvalue weighted by molar-refractivity contribution is 7.85. The first-order valence-corrected chi connectivity index (χ1v) is 22.8. The van der Waals surface area contributed by atoms with Crippen LogP contribution in [0.1, 0.15) is 104 Å². The number of unbranched alkanes of at least 4 members (excludes halogenated alkanes) is 3. The summed E-state index contributed by atoms with van der Waals surface area (Å²) in [6.45, 7) is 3.37. The van der Waals surface area contributed by atoms with Gasteiger partial charge in [0.05, 0.1) is 6.61 Å². The molecule has 4 N–H and O–H groups in total. The van der Waals surface area contributed by atoms with Crippen LogP contribution in [-0.4, -0.2) is 96.0 Å². The Hall–Kier alpha value is -3.95. The van der Waals surface area contributed by atoms with Crippen LogP contribution in [0.4, 0.5) is 0 Å². The van der Waals surface area contributed by atoms with E-state index >= 15 is 0 Å². The first kappa shape index (κ1) is 54.1. The fourth-order valence-electron chi connectivity index (χ4n) is 5.42. The molecule has 0 aromatic carbocycles. The van der Waals surface area contributed by atoms with Crippen molar-refractivity contribution in [2.24, 2.45) is 0 Å². The molecule has 0 aliphatic carbocycles. The van der Waals surface area contributed by atoms with E-state index in [1.54, 1.807) is 0 Å². The normalized spacial score (nSPS) is 21.3. The molecule has 0 saturated carbocycles. The Bertz CT molecular complexity index is 1570. The first-order valence-electron chi connectivity index (χ1n) is 21.1. The van der Waals surface area contributed by atoms with Crippen LogP contribution in [0.25, 0.3) is 0 Å². The quantitative estimate of drug-likeness (QED) is 0.0167. The SMILES string of the molecule is CC/C=C/C=C/C=C/C=C/CCCCCC(=O)OC(COC(=O)CC/C=C/C/C=C/C/C=C/C/C=C/C/C=C/C/C=C/CC)CO[C@H]1O[C@H](CS(=O)(=O)O)[C@@H](O)C(O)C1O. The Balaban J connectivity index is 2.56. The molecular weight excluding hydrogens is 789 g/mol. The van der Waals surface area contributed by atoms with Gasteiger partial charge in [0.2, 0.25) is 0 Å². The first-order chi connectivity index (χ1) is 29.0. The predicted octanol–water partition coefficient (Wildman–Crippen LogP) is 8.22. The third-order valence-corrected chi connectivity index (χ3v) is 9.39. The minimum absolute atomic E-state index is 0.0762. The Morgan fingerprint density at radius 2 is 1.12 bits per heavy atom. The van der Waals surface area contributed by atoms with Gasteiger partial charge in [0.25, 0.3) is 10.1 Å². The molecule has 0 aromatic heterocycles. The lowest BCUT2D eigenvalue weighted by Crippen LogP contribution is -2.60. The van der Waals surface area contributed by atoms with E-state index in [-0.39, 0.29) is 19.4 Å². The molecule has 12 nitrogen and oxygen atoms in total. The number of aliphatic hydroxyl groups is 3. The average Bonchev–Trinajstić information content (AvgIpc) is 3.21. The summed E-state index contributed by atoms with van der Waals surface area (Å²) in [5, 5.41) is 30.8. The number of hydrogen-bond donors (Lipinski definition) is 4. The van der Waals surface area contributed by atoms with E-state index in [2.05, 4.69) is 74.6 Å². The molecule has 0 radical (unpaired) electrons. The summed E-state index contributed by atoms with van der Waals surface area (Å²) in [7, 11) is -4.62. The lowest BCUT2D eigenvalue weighted by molar-refractivity contribution is -0.297. The summed E-state index contributed by atoms with van der Waals surface area (Å²) in [5.74, 6) is -2.17. The van der Waals surface area contributed by atoms with Gasteiger partial charge in [0.1, 0.15) is 36.8 Å². The Labute approximate surface area is 358 Å². The maximum absolute atomic E-state index is 12.8. The van der Waals surface area contributed by atoms with Crippen LogP contribution in [0.15, 0.2) is 122 Å². The third kappa shape index (κ3) is 30.1. The lowest BCUT2D eigenvalue weighted by Gasteiger charge is -2.40. The van der Waals surface area contributed by atoms with E-state index in [1.165, 1.54) is 0 Å². The second kappa shape index (κ2) is 35.8. The summed E-state index contributed by atoms with van der Waals surface area (Å²) >= 11 is 0. The van der Waals surface area contributed by atoms with Crippen molar-refractivity contribution >= 4 is 22.1 Å². The molecule has 1 aliphatic heterocycles. The van der Waals surface area contributed by atoms with Crippen LogP contribution >= 0.6 is 0 Å². The monoisotopic (exact) mass is 858 g/mol. The molecule has 1 aliphatic rings. The van der Waals surface area contributed by atoms with Crippen LogP contribution in [0.3, 0.4) is 0 Å². The van der Waals surface area contributed by atoms with Crippen LogP contribution in [0.5, 0.6) is 0 Å². The van der Waals surface area contributed by atoms with Gasteiger partial charge in [-0.2, -0.15) is 8.42 Å². The van der Waals surface area contributed by atoms with Gasteiger partial charge < -0.3 is 34.3 Å². The van der Waals surface area contributed by atoms with E-state index < -0.39 is 71.2 Å². The third-order valence-electron chi connectivity index (χ3n) is 8.64. The maximum Gasteiger partial charge on any atom is 0.306 e. The smallest absolute Gasteiger partial charge is 0.306 e. The maximum atomic E-state index is 12.8. The van der Waals surface area contributed by atoms with Crippen molar-refractivity contribution in [3.63, 3.8) is 0 Å². The van der Waals surface area contributed by atoms with Gasteiger partial charge in [-0.25, -0.2) is 0 Å². The number of carbonyl (C=O) groups excluding carboxylic acids is 2. The topological polar surface area (TPSA) is 186 Å². The summed E-state index contributed by atoms with van der Waals surface area (Å²) < 4.78 is 53.8. The van der Waals surface area contributed by atoms with Gasteiger partial charge in [-0.1, -0.05) is 142 Å². The zero-order valence-corrected chi connectivity index (χ0v) is 36.3. The highest BCUT2D eigenvalue weighted by atomic mass is 32.2. The second-order valence-corrected chi connectivity index (χ2v) is 15.5. The summed E-state index contributed by atoms with van der Waals surface area (Å²) in [4.78, 5) is 25.3. The Morgan fingerprint density at radius 3 is 1.68 bits per heavy atom. The number of aliphatic hydroxyl groups excluding tert-OH is 3. The van der Waals surface area contributed by atoms with E-state index in [4.69, 9.17) is 18.9 Å². The van der Waals surface area contributed by atoms with Gasteiger partial charge in [-0.05, 0) is 70.6 Å². The molecule has 6 atom stereocenters. The largest absolute Gasteiger partial charge is 0.462 e. The van der Waals surface area contributed by atoms with Gasteiger partial charge in [0.15, 0.2) is 12.4 Å². The Morgan fingerprint density at radius 1 is 0.583 bits per heavy atom. The molecule has 3 unspecified atom stereocenters. The summed E-state index contributed by atoms with van der Waals surface area (Å²) in [6, 6.07) is 0. The van der Waals surface area contributed by atoms with E-state index in [9.17, 15) is 37.9 Å². The van der Waals surface area contributed by atoms with Gasteiger partial charge in [0, 0.05) is 12.8 Å². The zero-order valence-electron chi connectivity index (χ0n) is 35.5. The number of allylic oxidation sites excluding steroid dienone is 20. The number of esters is 2. The molecule has 1 rings (SSSR count). The molecule has 1 heterocycles. The van der Waals surface area contributed by atoms with Crippen molar-refractivity contribution in [3.8, 4) is 0 Å². The molecule has 0 spiro atoms. The minimum atomic E-state index is -4.62. The summed E-state index contributed by atoms with van der Waals surface area (Å²) in [5.41, 5.74) is 0. The van der Waals surface area contributed by atoms with Gasteiger partial charge in [-0.15, -0.1) is 0 Å². The Kier molecular flexibility index (Phi) is 32.2. The minimum Gasteiger partial charge on any atom is -0.462 e. The van der Waals surface area contributed by atoms with Crippen molar-refractivity contribution in [3.05, 3.63) is 122 Å². The summed E-state index contributed by atoms with van der Waals surface area (Å²) in [6.07, 6.45) is 41.2. The molecule has 1 saturated heterocycles. The molecule has 13 heteroatoms. The van der Waals surface area contributed by atoms with Crippen LogP contribution in [0.2, 0.25) is 0 Å². The molecular formula is C47H70O12S. The van der Waals surface area contributed by atoms with Gasteiger partial charge >= 0.3 is 11.9 Å². The zero-order chi connectivity index (χ0) is 44.1. The number of carbonyl (C=O) groups is 2. The van der Waals surface area contributed by atoms with E-state index in [1.807, 2.05) is 60.8 Å². The number of ether oxygens (including phenoxy) is 4. The van der Waals surface area contributed by atoms with Crippen molar-refractivity contribution in [2.75, 3.05) is 19.0 Å². The van der Waals surface area contributed by atoms with Crippen LogP contribution < -0.4 is 0 Å². The van der Waals surface area contributed by atoms with Crippen molar-refractivity contribution in [2.45, 2.75) is 141 Å². The highest BCUT2D eigenvalue weighted by Gasteiger charge is 2.46. The van der Waals surface area contributed by atoms with E-state index in [0.717, 1.165) is 57.8 Å².